The molecular formula is C37H42N2O7S. The Hall–Kier alpha value is -3.70. The first-order valence-electron chi connectivity index (χ1n) is 16.6. The predicted molar refractivity (Wildman–Crippen MR) is 177 cm³/mol. The first kappa shape index (κ1) is 31.9. The second-order valence-corrected chi connectivity index (χ2v) is 15.0. The van der Waals surface area contributed by atoms with Crippen LogP contribution in [0.1, 0.15) is 54.7 Å². The molecule has 2 saturated carbocycles. The molecule has 248 valence electrons. The molecule has 0 aromatic heterocycles. The van der Waals surface area contributed by atoms with E-state index in [-0.39, 0.29) is 54.8 Å². The molecule has 2 fully saturated rings. The van der Waals surface area contributed by atoms with Crippen molar-refractivity contribution in [3.05, 3.63) is 95.3 Å². The minimum Gasteiger partial charge on any atom is -0.497 e. The van der Waals surface area contributed by atoms with Crippen molar-refractivity contribution in [3.63, 3.8) is 0 Å². The zero-order valence-electron chi connectivity index (χ0n) is 26.6. The Morgan fingerprint density at radius 1 is 0.979 bits per heavy atom. The van der Waals surface area contributed by atoms with Crippen molar-refractivity contribution in [2.75, 3.05) is 33.4 Å². The summed E-state index contributed by atoms with van der Waals surface area (Å²) in [6.07, 6.45) is 7.08. The third-order valence-corrected chi connectivity index (χ3v) is 12.2. The first-order valence-corrected chi connectivity index (χ1v) is 18.0. The summed E-state index contributed by atoms with van der Waals surface area (Å²) in [6, 6.07) is 21.1. The molecular weight excluding hydrogens is 616 g/mol. The smallest absolute Gasteiger partial charge is 0.286 e. The van der Waals surface area contributed by atoms with Gasteiger partial charge in [-0.2, -0.15) is 4.31 Å². The largest absolute Gasteiger partial charge is 0.497 e. The van der Waals surface area contributed by atoms with Gasteiger partial charge in [0.15, 0.2) is 5.76 Å². The fourth-order valence-corrected chi connectivity index (χ4v) is 9.39. The Morgan fingerprint density at radius 3 is 2.53 bits per heavy atom. The molecule has 3 aromatic rings. The highest BCUT2D eigenvalue weighted by Crippen LogP contribution is 2.45. The number of allylic oxidation sites excluding steroid dienone is 1. The lowest BCUT2D eigenvalue weighted by Crippen LogP contribution is -2.41. The van der Waals surface area contributed by atoms with Crippen molar-refractivity contribution in [3.8, 4) is 16.9 Å². The average molecular weight is 659 g/mol. The topological polar surface area (TPSA) is 114 Å². The maximum atomic E-state index is 13.7. The number of benzene rings is 3. The van der Waals surface area contributed by atoms with E-state index in [2.05, 4.69) is 47.8 Å². The van der Waals surface area contributed by atoms with E-state index in [1.165, 1.54) is 58.6 Å². The van der Waals surface area contributed by atoms with Crippen molar-refractivity contribution in [2.24, 2.45) is 11.8 Å². The van der Waals surface area contributed by atoms with E-state index in [0.29, 0.717) is 24.0 Å². The number of aliphatic hydroxyl groups is 1. The summed E-state index contributed by atoms with van der Waals surface area (Å²) in [5.41, 5.74) is 6.14. The van der Waals surface area contributed by atoms with Gasteiger partial charge in [0.2, 0.25) is 16.3 Å². The predicted octanol–water partition coefficient (Wildman–Crippen LogP) is 4.98. The second-order valence-electron chi connectivity index (χ2n) is 13.1. The van der Waals surface area contributed by atoms with Gasteiger partial charge in [0.1, 0.15) is 5.75 Å². The average Bonchev–Trinajstić information content (AvgIpc) is 3.82. The van der Waals surface area contributed by atoms with Crippen LogP contribution in [0.3, 0.4) is 0 Å². The fraction of sp³-hybridized carbons (Fsp3) is 0.432. The van der Waals surface area contributed by atoms with E-state index in [9.17, 15) is 18.3 Å². The number of hydrogen-bond acceptors (Lipinski definition) is 7. The monoisotopic (exact) mass is 658 g/mol. The number of amides is 1. The van der Waals surface area contributed by atoms with Gasteiger partial charge in [-0.15, -0.1) is 0 Å². The van der Waals surface area contributed by atoms with E-state index >= 15 is 0 Å². The zero-order valence-corrected chi connectivity index (χ0v) is 27.5. The van der Waals surface area contributed by atoms with Gasteiger partial charge in [0, 0.05) is 31.5 Å². The van der Waals surface area contributed by atoms with E-state index in [4.69, 9.17) is 14.2 Å². The van der Waals surface area contributed by atoms with Gasteiger partial charge in [0.05, 0.1) is 25.2 Å². The summed E-state index contributed by atoms with van der Waals surface area (Å²) < 4.78 is 45.6. The number of ether oxygens (including phenoxy) is 3. The van der Waals surface area contributed by atoms with Gasteiger partial charge in [-0.3, -0.25) is 4.79 Å². The van der Waals surface area contributed by atoms with Crippen molar-refractivity contribution >= 4 is 15.9 Å². The standard InChI is InChI=1S/C37H42N2O7S/c1-44-28-11-13-29(14-12-28)47(42,43)39(15-17-40)16-18-45-36-23-27(22-35(46-36)37(41)38-34-20-24-9-10-26(34)19-24)31-7-4-8-32-30-6-3-2-5-25(30)21-33(31)32/h2-8,11-14,22,24,26-27,34,36,40H,9-10,15-21,23H2,1H3,(H,38,41). The number of carbonyl (C=O) groups is 1. The molecule has 1 amide bonds. The van der Waals surface area contributed by atoms with Crippen molar-refractivity contribution in [1.29, 1.82) is 0 Å². The molecule has 47 heavy (non-hydrogen) atoms. The number of rotatable bonds is 12. The summed E-state index contributed by atoms with van der Waals surface area (Å²) in [7, 11) is -2.38. The number of fused-ring (bicyclic) bond motifs is 5. The Bertz CT molecular complexity index is 1760. The van der Waals surface area contributed by atoms with Gasteiger partial charge >= 0.3 is 0 Å². The molecule has 9 nitrogen and oxygen atoms in total. The van der Waals surface area contributed by atoms with Crippen LogP contribution in [-0.2, 0) is 30.7 Å². The number of nitrogens with one attached hydrogen (secondary N) is 1. The minimum absolute atomic E-state index is 0.00583. The van der Waals surface area contributed by atoms with Crippen molar-refractivity contribution in [2.45, 2.75) is 61.7 Å². The molecule has 7 rings (SSSR count). The van der Waals surface area contributed by atoms with Gasteiger partial charge in [-0.1, -0.05) is 48.9 Å². The molecule has 4 aliphatic rings. The number of methoxy groups -OCH3 is 1. The Balaban J connectivity index is 1.10. The van der Waals surface area contributed by atoms with Crippen LogP contribution in [0.4, 0.5) is 0 Å². The number of hydrogen-bond donors (Lipinski definition) is 2. The maximum Gasteiger partial charge on any atom is 0.286 e. The lowest BCUT2D eigenvalue weighted by Gasteiger charge is -2.32. The highest BCUT2D eigenvalue weighted by atomic mass is 32.2. The Labute approximate surface area is 276 Å². The highest BCUT2D eigenvalue weighted by molar-refractivity contribution is 7.89. The minimum atomic E-state index is -3.90. The number of aliphatic hydroxyl groups excluding tert-OH is 1. The fourth-order valence-electron chi connectivity index (χ4n) is 7.97. The van der Waals surface area contributed by atoms with Crippen LogP contribution in [0.2, 0.25) is 0 Å². The molecule has 3 aliphatic carbocycles. The quantitative estimate of drug-likeness (QED) is 0.221. The van der Waals surface area contributed by atoms with Crippen LogP contribution in [0, 0.1) is 11.8 Å². The molecule has 5 atom stereocenters. The molecule has 10 heteroatoms. The molecule has 0 spiro atoms. The van der Waals surface area contributed by atoms with Crippen molar-refractivity contribution < 1.29 is 32.5 Å². The molecule has 0 radical (unpaired) electrons. The van der Waals surface area contributed by atoms with E-state index in [0.717, 1.165) is 24.8 Å². The van der Waals surface area contributed by atoms with Crippen LogP contribution in [0.25, 0.3) is 11.1 Å². The van der Waals surface area contributed by atoms with Gasteiger partial charge in [-0.05, 0) is 95.7 Å². The van der Waals surface area contributed by atoms with Crippen LogP contribution in [-0.4, -0.2) is 69.5 Å². The van der Waals surface area contributed by atoms with Gasteiger partial charge < -0.3 is 24.6 Å². The molecule has 2 bridgehead atoms. The third-order valence-electron chi connectivity index (χ3n) is 10.3. The SMILES string of the molecule is COc1ccc(S(=O)(=O)N(CCO)CCOC2CC(c3cccc4c3Cc3ccccc3-4)C=C(C(=O)NC3CC4CCC3C4)O2)cc1. The molecule has 0 saturated heterocycles. The maximum absolute atomic E-state index is 13.7. The number of nitrogens with zero attached hydrogens (tertiary/aromatic N) is 1. The summed E-state index contributed by atoms with van der Waals surface area (Å²) in [6.45, 7) is -0.396. The Morgan fingerprint density at radius 2 is 1.79 bits per heavy atom. The molecule has 3 aromatic carbocycles. The third kappa shape index (κ3) is 6.44. The highest BCUT2D eigenvalue weighted by Gasteiger charge is 2.41. The molecule has 1 heterocycles. The molecule has 5 unspecified atom stereocenters. The first-order chi connectivity index (χ1) is 22.8. The normalized spacial score (nSPS) is 24.4. The number of carbonyl (C=O) groups excluding carboxylic acids is 1. The summed E-state index contributed by atoms with van der Waals surface area (Å²) >= 11 is 0. The second kappa shape index (κ2) is 13.4. The van der Waals surface area contributed by atoms with Gasteiger partial charge in [-0.25, -0.2) is 8.42 Å². The lowest BCUT2D eigenvalue weighted by molar-refractivity contribution is -0.147. The lowest BCUT2D eigenvalue weighted by atomic mass is 9.87. The van der Waals surface area contributed by atoms with Crippen LogP contribution in [0.15, 0.2) is 83.5 Å². The summed E-state index contributed by atoms with van der Waals surface area (Å²) in [4.78, 5) is 13.8. The van der Waals surface area contributed by atoms with Gasteiger partial charge in [0.25, 0.3) is 5.91 Å². The van der Waals surface area contributed by atoms with Crippen LogP contribution in [0.5, 0.6) is 5.75 Å². The molecule has 1 aliphatic heterocycles. The zero-order chi connectivity index (χ0) is 32.5. The summed E-state index contributed by atoms with van der Waals surface area (Å²) in [5, 5.41) is 13.0. The van der Waals surface area contributed by atoms with Crippen LogP contribution >= 0.6 is 0 Å². The number of sulfonamides is 1. The summed E-state index contributed by atoms with van der Waals surface area (Å²) in [5.74, 6) is 1.67. The molecule has 2 N–H and O–H groups in total. The van der Waals surface area contributed by atoms with E-state index in [1.807, 2.05) is 6.08 Å². The van der Waals surface area contributed by atoms with Crippen molar-refractivity contribution in [1.82, 2.24) is 9.62 Å². The van der Waals surface area contributed by atoms with E-state index < -0.39 is 16.3 Å². The van der Waals surface area contributed by atoms with E-state index in [1.54, 1.807) is 12.1 Å². The van der Waals surface area contributed by atoms with Crippen LogP contribution < -0.4 is 10.1 Å². The Kier molecular flexibility index (Phi) is 9.11.